The molecule has 0 radical (unpaired) electrons. The molecule has 1 aromatic rings. The molecule has 0 saturated carbocycles. The first-order valence-corrected chi connectivity index (χ1v) is 9.89. The molecule has 1 aliphatic rings. The molecule has 25 heavy (non-hydrogen) atoms. The summed E-state index contributed by atoms with van der Waals surface area (Å²) in [4.78, 5) is 23.8. The normalized spacial score (nSPS) is 19.9. The zero-order valence-electron chi connectivity index (χ0n) is 14.6. The molecule has 0 unspecified atom stereocenters. The Labute approximate surface area is 147 Å². The monoisotopic (exact) mass is 369 g/mol. The first-order valence-electron chi connectivity index (χ1n) is 8.06. The van der Waals surface area contributed by atoms with Gasteiger partial charge in [-0.25, -0.2) is 13.2 Å². The minimum Gasteiger partial charge on any atom is -0.482 e. The predicted octanol–water partition coefficient (Wildman–Crippen LogP) is 0.917. The lowest BCUT2D eigenvalue weighted by Gasteiger charge is -2.17. The van der Waals surface area contributed by atoms with E-state index in [2.05, 4.69) is 5.32 Å². The maximum atomic E-state index is 12.0. The molecule has 8 heteroatoms. The minimum absolute atomic E-state index is 0.0653. The molecule has 1 N–H and O–H groups in total. The summed E-state index contributed by atoms with van der Waals surface area (Å²) in [6.07, 6.45) is -0.636. The van der Waals surface area contributed by atoms with E-state index < -0.39 is 33.9 Å². The quantitative estimate of drug-likeness (QED) is 0.749. The Balaban J connectivity index is 1.78. The van der Waals surface area contributed by atoms with Crippen LogP contribution in [0, 0.1) is 13.8 Å². The summed E-state index contributed by atoms with van der Waals surface area (Å²) in [6, 6.07) is 5.16. The first kappa shape index (κ1) is 19.2. The number of hydrogen-bond donors (Lipinski definition) is 1. The van der Waals surface area contributed by atoms with E-state index in [1.807, 2.05) is 26.0 Å². The zero-order chi connectivity index (χ0) is 18.6. The molecule has 0 aromatic heterocycles. The molecular formula is C17H23NO6S. The molecule has 1 fully saturated rings. The van der Waals surface area contributed by atoms with E-state index in [-0.39, 0.29) is 18.1 Å². The number of hydrogen-bond acceptors (Lipinski definition) is 6. The number of nitrogens with one attached hydrogen (secondary N) is 1. The standard InChI is InChI=1S/C17H23NO6S/c1-11-4-5-15(12(2)8-11)23-9-16(19)24-13(3)17(20)18-14-6-7-25(21,22)10-14/h4-5,8,13-14H,6-7,9-10H2,1-3H3,(H,18,20)/t13-,14-/m0/s1. The van der Waals surface area contributed by atoms with Crippen LogP contribution in [-0.2, 0) is 24.2 Å². The van der Waals surface area contributed by atoms with Crippen molar-refractivity contribution in [2.75, 3.05) is 18.1 Å². The first-order chi connectivity index (χ1) is 11.7. The van der Waals surface area contributed by atoms with E-state index in [1.54, 1.807) is 6.07 Å². The van der Waals surface area contributed by atoms with Crippen molar-refractivity contribution < 1.29 is 27.5 Å². The average molecular weight is 369 g/mol. The fourth-order valence-corrected chi connectivity index (χ4v) is 4.28. The van der Waals surface area contributed by atoms with Gasteiger partial charge >= 0.3 is 5.97 Å². The highest BCUT2D eigenvalue weighted by Crippen LogP contribution is 2.18. The van der Waals surface area contributed by atoms with Crippen molar-refractivity contribution in [1.82, 2.24) is 5.32 Å². The van der Waals surface area contributed by atoms with E-state index in [1.165, 1.54) is 6.92 Å². The van der Waals surface area contributed by atoms with Crippen molar-refractivity contribution in [3.05, 3.63) is 29.3 Å². The van der Waals surface area contributed by atoms with Gasteiger partial charge in [0.15, 0.2) is 22.5 Å². The van der Waals surface area contributed by atoms with Gasteiger partial charge in [0.05, 0.1) is 11.5 Å². The summed E-state index contributed by atoms with van der Waals surface area (Å²) in [5, 5.41) is 2.59. The predicted molar refractivity (Wildman–Crippen MR) is 92.2 cm³/mol. The van der Waals surface area contributed by atoms with E-state index in [0.717, 1.165) is 11.1 Å². The Morgan fingerprint density at radius 2 is 2.04 bits per heavy atom. The lowest BCUT2D eigenvalue weighted by Crippen LogP contribution is -2.43. The Morgan fingerprint density at radius 1 is 1.32 bits per heavy atom. The molecule has 1 saturated heterocycles. The smallest absolute Gasteiger partial charge is 0.344 e. The van der Waals surface area contributed by atoms with Crippen LogP contribution in [0.4, 0.5) is 0 Å². The maximum absolute atomic E-state index is 12.0. The van der Waals surface area contributed by atoms with Crippen molar-refractivity contribution in [1.29, 1.82) is 0 Å². The second-order valence-electron chi connectivity index (χ2n) is 6.30. The molecular weight excluding hydrogens is 346 g/mol. The molecule has 1 aromatic carbocycles. The summed E-state index contributed by atoms with van der Waals surface area (Å²) >= 11 is 0. The fraction of sp³-hybridized carbons (Fsp3) is 0.529. The zero-order valence-corrected chi connectivity index (χ0v) is 15.4. The molecule has 138 valence electrons. The van der Waals surface area contributed by atoms with E-state index in [9.17, 15) is 18.0 Å². The number of carbonyl (C=O) groups is 2. The number of carbonyl (C=O) groups excluding carboxylic acids is 2. The van der Waals surface area contributed by atoms with Crippen LogP contribution >= 0.6 is 0 Å². The second kappa shape index (κ2) is 7.86. The number of sulfone groups is 1. The van der Waals surface area contributed by atoms with Gasteiger partial charge in [-0.3, -0.25) is 4.79 Å². The minimum atomic E-state index is -3.08. The van der Waals surface area contributed by atoms with Gasteiger partial charge < -0.3 is 14.8 Å². The topological polar surface area (TPSA) is 98.8 Å². The summed E-state index contributed by atoms with van der Waals surface area (Å²) in [7, 11) is -3.08. The maximum Gasteiger partial charge on any atom is 0.344 e. The number of benzene rings is 1. The third-order valence-corrected chi connectivity index (χ3v) is 5.70. The van der Waals surface area contributed by atoms with Gasteiger partial charge in [0, 0.05) is 6.04 Å². The number of rotatable bonds is 6. The van der Waals surface area contributed by atoms with Crippen molar-refractivity contribution in [3.63, 3.8) is 0 Å². The van der Waals surface area contributed by atoms with Crippen LogP contribution in [0.1, 0.15) is 24.5 Å². The van der Waals surface area contributed by atoms with Crippen LogP contribution in [0.3, 0.4) is 0 Å². The van der Waals surface area contributed by atoms with Crippen molar-refractivity contribution in [2.24, 2.45) is 0 Å². The highest BCUT2D eigenvalue weighted by atomic mass is 32.2. The Bertz CT molecular complexity index is 758. The van der Waals surface area contributed by atoms with Gasteiger partial charge in [-0.1, -0.05) is 17.7 Å². The van der Waals surface area contributed by atoms with Crippen molar-refractivity contribution in [3.8, 4) is 5.75 Å². The molecule has 7 nitrogen and oxygen atoms in total. The largest absolute Gasteiger partial charge is 0.482 e. The second-order valence-corrected chi connectivity index (χ2v) is 8.53. The molecule has 1 aliphatic heterocycles. The highest BCUT2D eigenvalue weighted by Gasteiger charge is 2.30. The van der Waals surface area contributed by atoms with Crippen molar-refractivity contribution in [2.45, 2.75) is 39.3 Å². The molecule has 0 aliphatic carbocycles. The lowest BCUT2D eigenvalue weighted by atomic mass is 10.1. The molecule has 2 atom stereocenters. The van der Waals surface area contributed by atoms with Crippen LogP contribution in [0.15, 0.2) is 18.2 Å². The van der Waals surface area contributed by atoms with Crippen LogP contribution < -0.4 is 10.1 Å². The third-order valence-electron chi connectivity index (χ3n) is 3.93. The summed E-state index contributed by atoms with van der Waals surface area (Å²) in [5.74, 6) is -0.607. The van der Waals surface area contributed by atoms with E-state index in [0.29, 0.717) is 12.2 Å². The molecule has 1 heterocycles. The van der Waals surface area contributed by atoms with Crippen LogP contribution in [0.25, 0.3) is 0 Å². The van der Waals surface area contributed by atoms with Crippen LogP contribution in [0.2, 0.25) is 0 Å². The Morgan fingerprint density at radius 3 is 2.64 bits per heavy atom. The van der Waals surface area contributed by atoms with Gasteiger partial charge in [0.1, 0.15) is 5.75 Å². The van der Waals surface area contributed by atoms with E-state index in [4.69, 9.17) is 9.47 Å². The summed E-state index contributed by atoms with van der Waals surface area (Å²) in [5.41, 5.74) is 1.99. The van der Waals surface area contributed by atoms with Gasteiger partial charge in [0.2, 0.25) is 0 Å². The molecule has 2 rings (SSSR count). The van der Waals surface area contributed by atoms with Crippen LogP contribution in [0.5, 0.6) is 5.75 Å². The SMILES string of the molecule is Cc1ccc(OCC(=O)O[C@@H](C)C(=O)N[C@H]2CCS(=O)(=O)C2)c(C)c1. The summed E-state index contributed by atoms with van der Waals surface area (Å²) in [6.45, 7) is 4.97. The summed E-state index contributed by atoms with van der Waals surface area (Å²) < 4.78 is 33.2. The van der Waals surface area contributed by atoms with E-state index >= 15 is 0 Å². The number of ether oxygens (including phenoxy) is 2. The Kier molecular flexibility index (Phi) is 6.05. The lowest BCUT2D eigenvalue weighted by molar-refractivity contribution is -0.156. The number of esters is 1. The fourth-order valence-electron chi connectivity index (χ4n) is 2.61. The molecule has 0 bridgehead atoms. The number of amides is 1. The van der Waals surface area contributed by atoms with Gasteiger partial charge in [-0.2, -0.15) is 0 Å². The van der Waals surface area contributed by atoms with Gasteiger partial charge in [-0.05, 0) is 38.8 Å². The number of aryl methyl sites for hydroxylation is 2. The van der Waals surface area contributed by atoms with Crippen LogP contribution in [-0.4, -0.2) is 50.6 Å². The van der Waals surface area contributed by atoms with Gasteiger partial charge in [-0.15, -0.1) is 0 Å². The Hall–Kier alpha value is -2.09. The highest BCUT2D eigenvalue weighted by molar-refractivity contribution is 7.91. The molecule has 1 amide bonds. The average Bonchev–Trinajstić information content (AvgIpc) is 2.85. The van der Waals surface area contributed by atoms with Gasteiger partial charge in [0.25, 0.3) is 5.91 Å². The molecule has 0 spiro atoms. The third kappa shape index (κ3) is 5.74. The van der Waals surface area contributed by atoms with Crippen molar-refractivity contribution >= 4 is 21.7 Å².